The van der Waals surface area contributed by atoms with E-state index in [-0.39, 0.29) is 0 Å². The number of morpholine rings is 1. The summed E-state index contributed by atoms with van der Waals surface area (Å²) in [7, 11) is 2.11. The lowest BCUT2D eigenvalue weighted by molar-refractivity contribution is -0.135. The molecule has 2 aliphatic rings. The van der Waals surface area contributed by atoms with Crippen LogP contribution in [0.4, 0.5) is 11.4 Å². The highest BCUT2D eigenvalue weighted by molar-refractivity contribution is 5.76. The molecule has 2 aromatic carbocycles. The van der Waals surface area contributed by atoms with E-state index in [9.17, 15) is 4.79 Å². The Morgan fingerprint density at radius 2 is 1.58 bits per heavy atom. The normalized spacial score (nSPS) is 18.2. The van der Waals surface area contributed by atoms with Crippen LogP contribution in [0.3, 0.4) is 0 Å². The lowest BCUT2D eigenvalue weighted by Gasteiger charge is -2.33. The Hall–Kier alpha value is -2.37. The number of benzene rings is 2. The third-order valence-corrected chi connectivity index (χ3v) is 6.71. The number of hydrogen-bond acceptors (Lipinski definition) is 4. The molecular weight excluding hydrogens is 386 g/mol. The minimum absolute atomic E-state index is 0.311. The molecule has 0 N–H and O–H groups in total. The van der Waals surface area contributed by atoms with Gasteiger partial charge in [0.2, 0.25) is 5.91 Å². The fraction of sp³-hybridized carbons (Fsp3) is 0.500. The molecule has 2 saturated heterocycles. The van der Waals surface area contributed by atoms with E-state index in [1.807, 2.05) is 11.0 Å². The lowest BCUT2D eigenvalue weighted by atomic mass is 9.91. The molecule has 4 rings (SSSR count). The van der Waals surface area contributed by atoms with E-state index in [0.29, 0.717) is 31.5 Å². The van der Waals surface area contributed by atoms with Crippen molar-refractivity contribution in [1.29, 1.82) is 0 Å². The van der Waals surface area contributed by atoms with Crippen molar-refractivity contribution >= 4 is 17.3 Å². The van der Waals surface area contributed by atoms with E-state index in [1.54, 1.807) is 0 Å². The largest absolute Gasteiger partial charge is 0.378 e. The minimum atomic E-state index is 0.311. The number of likely N-dealkylation sites (tertiary alicyclic amines) is 1. The van der Waals surface area contributed by atoms with Crippen molar-refractivity contribution in [2.45, 2.75) is 32.2 Å². The van der Waals surface area contributed by atoms with Crippen molar-refractivity contribution in [3.63, 3.8) is 0 Å². The summed E-state index contributed by atoms with van der Waals surface area (Å²) in [6.07, 6.45) is 4.13. The van der Waals surface area contributed by atoms with Crippen LogP contribution in [-0.2, 0) is 16.1 Å². The Morgan fingerprint density at radius 3 is 2.26 bits per heavy atom. The molecule has 2 aliphatic heterocycles. The van der Waals surface area contributed by atoms with E-state index in [1.165, 1.54) is 29.8 Å². The summed E-state index contributed by atoms with van der Waals surface area (Å²) in [4.78, 5) is 19.1. The van der Waals surface area contributed by atoms with Gasteiger partial charge in [0.15, 0.2) is 0 Å². The first kappa shape index (κ1) is 21.8. The molecule has 0 radical (unpaired) electrons. The number of ether oxygens (including phenoxy) is 1. The number of para-hydroxylation sites is 1. The summed E-state index contributed by atoms with van der Waals surface area (Å²) >= 11 is 0. The van der Waals surface area contributed by atoms with E-state index in [0.717, 1.165) is 39.1 Å². The maximum absolute atomic E-state index is 12.4. The molecule has 2 fully saturated rings. The highest BCUT2D eigenvalue weighted by atomic mass is 16.5. The molecule has 0 saturated carbocycles. The Labute approximate surface area is 186 Å². The van der Waals surface area contributed by atoms with Crippen molar-refractivity contribution in [3.8, 4) is 0 Å². The molecule has 0 atom stereocenters. The quantitative estimate of drug-likeness (QED) is 0.668. The van der Waals surface area contributed by atoms with Gasteiger partial charge in [-0.15, -0.1) is 0 Å². The van der Waals surface area contributed by atoms with Gasteiger partial charge >= 0.3 is 0 Å². The van der Waals surface area contributed by atoms with Crippen LogP contribution in [0.1, 0.15) is 31.2 Å². The van der Waals surface area contributed by atoms with Gasteiger partial charge in [0.1, 0.15) is 0 Å². The molecular formula is C26H35N3O2. The molecule has 5 nitrogen and oxygen atoms in total. The summed E-state index contributed by atoms with van der Waals surface area (Å²) in [5.74, 6) is 0.995. The Morgan fingerprint density at radius 1 is 0.935 bits per heavy atom. The van der Waals surface area contributed by atoms with Crippen molar-refractivity contribution in [2.24, 2.45) is 5.92 Å². The van der Waals surface area contributed by atoms with Gasteiger partial charge < -0.3 is 14.5 Å². The van der Waals surface area contributed by atoms with Crippen molar-refractivity contribution in [3.05, 3.63) is 60.2 Å². The van der Waals surface area contributed by atoms with E-state index >= 15 is 0 Å². The third kappa shape index (κ3) is 6.08. The highest BCUT2D eigenvalue weighted by Gasteiger charge is 2.22. The molecule has 0 unspecified atom stereocenters. The molecule has 1 amide bonds. The summed E-state index contributed by atoms with van der Waals surface area (Å²) in [6.45, 7) is 6.16. The zero-order valence-electron chi connectivity index (χ0n) is 18.7. The van der Waals surface area contributed by atoms with Crippen LogP contribution < -0.4 is 4.90 Å². The van der Waals surface area contributed by atoms with Crippen LogP contribution in [0.5, 0.6) is 0 Å². The van der Waals surface area contributed by atoms with E-state index < -0.39 is 0 Å². The highest BCUT2D eigenvalue weighted by Crippen LogP contribution is 2.26. The van der Waals surface area contributed by atoms with Gasteiger partial charge in [-0.3, -0.25) is 9.69 Å². The number of carbonyl (C=O) groups excluding carboxylic acids is 1. The second-order valence-electron chi connectivity index (χ2n) is 8.81. The van der Waals surface area contributed by atoms with Crippen LogP contribution in [0.15, 0.2) is 54.6 Å². The monoisotopic (exact) mass is 421 g/mol. The molecule has 0 aliphatic carbocycles. The Kier molecular flexibility index (Phi) is 7.60. The fourth-order valence-electron chi connectivity index (χ4n) is 4.62. The van der Waals surface area contributed by atoms with Crippen LogP contribution in [0, 0.1) is 5.92 Å². The molecule has 0 spiro atoms. The van der Waals surface area contributed by atoms with Crippen LogP contribution in [-0.4, -0.2) is 62.1 Å². The molecule has 5 heteroatoms. The first-order chi connectivity index (χ1) is 15.2. The van der Waals surface area contributed by atoms with Crippen molar-refractivity contribution in [1.82, 2.24) is 9.80 Å². The predicted molar refractivity (Wildman–Crippen MR) is 126 cm³/mol. The Balaban J connectivity index is 1.19. The van der Waals surface area contributed by atoms with E-state index in [2.05, 4.69) is 65.4 Å². The summed E-state index contributed by atoms with van der Waals surface area (Å²) in [5, 5.41) is 0. The van der Waals surface area contributed by atoms with E-state index in [4.69, 9.17) is 4.74 Å². The number of nitrogens with zero attached hydrogens (tertiary/aromatic N) is 3. The average Bonchev–Trinajstić information content (AvgIpc) is 2.84. The lowest BCUT2D eigenvalue weighted by Crippen LogP contribution is -2.41. The molecule has 31 heavy (non-hydrogen) atoms. The maximum Gasteiger partial charge on any atom is 0.222 e. The first-order valence-corrected chi connectivity index (χ1v) is 11.6. The molecule has 166 valence electrons. The molecule has 0 bridgehead atoms. The smallest absolute Gasteiger partial charge is 0.222 e. The zero-order chi connectivity index (χ0) is 21.5. The van der Waals surface area contributed by atoms with Crippen molar-refractivity contribution in [2.75, 3.05) is 51.3 Å². The topological polar surface area (TPSA) is 36.0 Å². The number of hydrogen-bond donors (Lipinski definition) is 0. The maximum atomic E-state index is 12.4. The van der Waals surface area contributed by atoms with Gasteiger partial charge in [0.25, 0.3) is 0 Å². The van der Waals surface area contributed by atoms with Crippen LogP contribution >= 0.6 is 0 Å². The van der Waals surface area contributed by atoms with Gasteiger partial charge in [-0.05, 0) is 68.1 Å². The molecule has 2 aromatic rings. The minimum Gasteiger partial charge on any atom is -0.378 e. The number of anilines is 2. The molecule has 2 heterocycles. The van der Waals surface area contributed by atoms with Gasteiger partial charge in [-0.1, -0.05) is 30.3 Å². The van der Waals surface area contributed by atoms with Crippen LogP contribution in [0.25, 0.3) is 0 Å². The van der Waals surface area contributed by atoms with Gasteiger partial charge in [-0.25, -0.2) is 0 Å². The van der Waals surface area contributed by atoms with Crippen molar-refractivity contribution < 1.29 is 9.53 Å². The third-order valence-electron chi connectivity index (χ3n) is 6.71. The van der Waals surface area contributed by atoms with Gasteiger partial charge in [-0.2, -0.15) is 0 Å². The number of rotatable bonds is 7. The van der Waals surface area contributed by atoms with Gasteiger partial charge in [0.05, 0.1) is 13.2 Å². The standard InChI is InChI=1S/C26H35N3O2/c1-27(24-5-3-2-4-6-24)25-10-7-23(8-11-25)21-28-15-13-22(14-16-28)9-12-26(30)29-17-19-31-20-18-29/h2-8,10-11,22H,9,12-21H2,1H3. The second-order valence-corrected chi connectivity index (χ2v) is 8.81. The molecule has 0 aromatic heterocycles. The first-order valence-electron chi connectivity index (χ1n) is 11.6. The van der Waals surface area contributed by atoms with Gasteiger partial charge in [0, 0.05) is 44.5 Å². The average molecular weight is 422 g/mol. The number of amides is 1. The fourth-order valence-corrected chi connectivity index (χ4v) is 4.62. The number of piperidine rings is 1. The Bertz CT molecular complexity index is 810. The second kappa shape index (κ2) is 10.8. The summed E-state index contributed by atoms with van der Waals surface area (Å²) < 4.78 is 5.34. The van der Waals surface area contributed by atoms with Crippen LogP contribution in [0.2, 0.25) is 0 Å². The SMILES string of the molecule is CN(c1ccccc1)c1ccc(CN2CCC(CCC(=O)N3CCOCC3)CC2)cc1. The summed E-state index contributed by atoms with van der Waals surface area (Å²) in [6, 6.07) is 19.4. The predicted octanol–water partition coefficient (Wildman–Crippen LogP) is 4.31. The number of carbonyl (C=O) groups is 1. The zero-order valence-corrected chi connectivity index (χ0v) is 18.7. The summed E-state index contributed by atoms with van der Waals surface area (Å²) in [5.41, 5.74) is 3.77.